The molecule has 0 aliphatic rings. The minimum atomic E-state index is -0.789. The standard InChI is InChI=1S/C13H19NO3/c1-4-10-5-6-12(17-3)11(9-10)14(2)8-7-13(15)16/h5-6,9H,4,7-8H2,1-3H3,(H,15,16). The van der Waals surface area contributed by atoms with Crippen LogP contribution in [0.25, 0.3) is 0 Å². The minimum absolute atomic E-state index is 0.121. The second-order valence-electron chi connectivity index (χ2n) is 3.93. The van der Waals surface area contributed by atoms with Crippen molar-refractivity contribution in [3.05, 3.63) is 23.8 Å². The molecule has 0 fully saturated rings. The molecule has 0 radical (unpaired) electrons. The van der Waals surface area contributed by atoms with Gasteiger partial charge in [-0.15, -0.1) is 0 Å². The summed E-state index contributed by atoms with van der Waals surface area (Å²) >= 11 is 0. The first-order chi connectivity index (χ1) is 8.08. The number of aliphatic carboxylic acids is 1. The Bertz CT molecular complexity index is 390. The van der Waals surface area contributed by atoms with E-state index < -0.39 is 5.97 Å². The molecule has 0 spiro atoms. The molecular weight excluding hydrogens is 218 g/mol. The van der Waals surface area contributed by atoms with Gasteiger partial charge in [0.1, 0.15) is 5.75 Å². The molecule has 0 saturated carbocycles. The van der Waals surface area contributed by atoms with Gasteiger partial charge in [-0.2, -0.15) is 0 Å². The first kappa shape index (κ1) is 13.4. The van der Waals surface area contributed by atoms with Crippen molar-refractivity contribution >= 4 is 11.7 Å². The van der Waals surface area contributed by atoms with Crippen molar-refractivity contribution in [1.82, 2.24) is 0 Å². The number of ether oxygens (including phenoxy) is 1. The van der Waals surface area contributed by atoms with Crippen LogP contribution >= 0.6 is 0 Å². The monoisotopic (exact) mass is 237 g/mol. The van der Waals surface area contributed by atoms with Crippen molar-refractivity contribution < 1.29 is 14.6 Å². The summed E-state index contributed by atoms with van der Waals surface area (Å²) in [7, 11) is 3.50. The zero-order valence-corrected chi connectivity index (χ0v) is 10.6. The van der Waals surface area contributed by atoms with Gasteiger partial charge in [-0.05, 0) is 24.1 Å². The summed E-state index contributed by atoms with van der Waals surface area (Å²) in [5, 5.41) is 8.68. The summed E-state index contributed by atoms with van der Waals surface area (Å²) in [6, 6.07) is 5.99. The lowest BCUT2D eigenvalue weighted by Gasteiger charge is -2.21. The number of carbonyl (C=O) groups is 1. The van der Waals surface area contributed by atoms with Crippen molar-refractivity contribution in [3.63, 3.8) is 0 Å². The Hall–Kier alpha value is -1.71. The van der Waals surface area contributed by atoms with E-state index in [1.807, 2.05) is 30.1 Å². The van der Waals surface area contributed by atoms with Crippen molar-refractivity contribution in [2.75, 3.05) is 25.6 Å². The highest BCUT2D eigenvalue weighted by Crippen LogP contribution is 2.28. The van der Waals surface area contributed by atoms with Crippen LogP contribution in [0.5, 0.6) is 5.75 Å². The lowest BCUT2D eigenvalue weighted by molar-refractivity contribution is -0.136. The summed E-state index contributed by atoms with van der Waals surface area (Å²) in [6.07, 6.45) is 1.07. The van der Waals surface area contributed by atoms with Crippen molar-refractivity contribution in [1.29, 1.82) is 0 Å². The first-order valence-electron chi connectivity index (χ1n) is 5.68. The van der Waals surface area contributed by atoms with Crippen LogP contribution in [0.15, 0.2) is 18.2 Å². The molecule has 1 aromatic carbocycles. The lowest BCUT2D eigenvalue weighted by atomic mass is 10.1. The number of nitrogens with zero attached hydrogens (tertiary/aromatic N) is 1. The van der Waals surface area contributed by atoms with E-state index in [0.717, 1.165) is 17.9 Å². The Kier molecular flexibility index (Phi) is 4.82. The number of benzene rings is 1. The molecule has 0 heterocycles. The molecule has 0 bridgehead atoms. The molecular formula is C13H19NO3. The average Bonchev–Trinajstić information content (AvgIpc) is 2.34. The van der Waals surface area contributed by atoms with Gasteiger partial charge in [0, 0.05) is 13.6 Å². The maximum atomic E-state index is 10.6. The first-order valence-corrected chi connectivity index (χ1v) is 5.68. The quantitative estimate of drug-likeness (QED) is 0.823. The fourth-order valence-corrected chi connectivity index (χ4v) is 1.64. The van der Waals surface area contributed by atoms with Crippen molar-refractivity contribution in [2.24, 2.45) is 0 Å². The molecule has 4 nitrogen and oxygen atoms in total. The summed E-state index contributed by atoms with van der Waals surface area (Å²) in [4.78, 5) is 12.5. The van der Waals surface area contributed by atoms with E-state index in [9.17, 15) is 4.79 Å². The van der Waals surface area contributed by atoms with Gasteiger partial charge in [0.2, 0.25) is 0 Å². The van der Waals surface area contributed by atoms with Gasteiger partial charge < -0.3 is 14.7 Å². The van der Waals surface area contributed by atoms with E-state index in [1.54, 1.807) is 7.11 Å². The summed E-state index contributed by atoms with van der Waals surface area (Å²) < 4.78 is 5.28. The molecule has 1 aromatic rings. The van der Waals surface area contributed by atoms with E-state index in [4.69, 9.17) is 9.84 Å². The predicted molar refractivity (Wildman–Crippen MR) is 67.9 cm³/mol. The van der Waals surface area contributed by atoms with Crippen LogP contribution in [0.1, 0.15) is 18.9 Å². The molecule has 0 unspecified atom stereocenters. The highest BCUT2D eigenvalue weighted by Gasteiger charge is 2.10. The third-order valence-corrected chi connectivity index (χ3v) is 2.72. The minimum Gasteiger partial charge on any atom is -0.495 e. The summed E-state index contributed by atoms with van der Waals surface area (Å²) in [5.41, 5.74) is 2.15. The van der Waals surface area contributed by atoms with Gasteiger partial charge in [-0.25, -0.2) is 0 Å². The fourth-order valence-electron chi connectivity index (χ4n) is 1.64. The van der Waals surface area contributed by atoms with Crippen LogP contribution in [0.2, 0.25) is 0 Å². The van der Waals surface area contributed by atoms with E-state index in [-0.39, 0.29) is 6.42 Å². The third-order valence-electron chi connectivity index (χ3n) is 2.72. The molecule has 0 aliphatic heterocycles. The number of aryl methyl sites for hydroxylation is 1. The molecule has 0 aliphatic carbocycles. The number of carboxylic acid groups (broad SMARTS) is 1. The number of hydrogen-bond donors (Lipinski definition) is 1. The van der Waals surface area contributed by atoms with Crippen LogP contribution in [0.4, 0.5) is 5.69 Å². The number of carboxylic acids is 1. The normalized spacial score (nSPS) is 10.1. The van der Waals surface area contributed by atoms with Crippen LogP contribution in [-0.2, 0) is 11.2 Å². The maximum absolute atomic E-state index is 10.6. The molecule has 4 heteroatoms. The highest BCUT2D eigenvalue weighted by molar-refractivity contribution is 5.68. The van der Waals surface area contributed by atoms with E-state index in [0.29, 0.717) is 6.54 Å². The second kappa shape index (κ2) is 6.13. The lowest BCUT2D eigenvalue weighted by Crippen LogP contribution is -2.21. The zero-order valence-electron chi connectivity index (χ0n) is 10.6. The van der Waals surface area contributed by atoms with Crippen LogP contribution in [0.3, 0.4) is 0 Å². The topological polar surface area (TPSA) is 49.8 Å². The van der Waals surface area contributed by atoms with Crippen LogP contribution in [0, 0.1) is 0 Å². The Morgan fingerprint density at radius 2 is 2.18 bits per heavy atom. The van der Waals surface area contributed by atoms with Gasteiger partial charge in [-0.3, -0.25) is 4.79 Å². The second-order valence-corrected chi connectivity index (χ2v) is 3.93. The molecule has 1 N–H and O–H groups in total. The molecule has 0 saturated heterocycles. The molecule has 0 amide bonds. The van der Waals surface area contributed by atoms with Gasteiger partial charge in [0.05, 0.1) is 19.2 Å². The molecule has 17 heavy (non-hydrogen) atoms. The Morgan fingerprint density at radius 3 is 2.71 bits per heavy atom. The maximum Gasteiger partial charge on any atom is 0.305 e. The van der Waals surface area contributed by atoms with Gasteiger partial charge in [0.15, 0.2) is 0 Å². The van der Waals surface area contributed by atoms with Gasteiger partial charge >= 0.3 is 5.97 Å². The molecule has 1 rings (SSSR count). The van der Waals surface area contributed by atoms with E-state index >= 15 is 0 Å². The smallest absolute Gasteiger partial charge is 0.305 e. The molecule has 0 atom stereocenters. The van der Waals surface area contributed by atoms with Crippen LogP contribution < -0.4 is 9.64 Å². The number of hydrogen-bond acceptors (Lipinski definition) is 3. The van der Waals surface area contributed by atoms with Crippen LogP contribution in [-0.4, -0.2) is 31.8 Å². The largest absolute Gasteiger partial charge is 0.495 e. The number of methoxy groups -OCH3 is 1. The Balaban J connectivity index is 2.88. The Morgan fingerprint density at radius 1 is 1.47 bits per heavy atom. The molecule has 94 valence electrons. The fraction of sp³-hybridized carbons (Fsp3) is 0.462. The third kappa shape index (κ3) is 3.66. The SMILES string of the molecule is CCc1ccc(OC)c(N(C)CCC(=O)O)c1. The van der Waals surface area contributed by atoms with Crippen molar-refractivity contribution in [2.45, 2.75) is 19.8 Å². The zero-order chi connectivity index (χ0) is 12.8. The average molecular weight is 237 g/mol. The van der Waals surface area contributed by atoms with Crippen molar-refractivity contribution in [3.8, 4) is 5.75 Å². The van der Waals surface area contributed by atoms with E-state index in [1.165, 1.54) is 5.56 Å². The highest BCUT2D eigenvalue weighted by atomic mass is 16.5. The Labute approximate surface area is 102 Å². The predicted octanol–water partition coefficient (Wildman–Crippen LogP) is 2.17. The number of rotatable bonds is 6. The van der Waals surface area contributed by atoms with E-state index in [2.05, 4.69) is 6.92 Å². The summed E-state index contributed by atoms with van der Waals surface area (Å²) in [6.45, 7) is 2.56. The van der Waals surface area contributed by atoms with Gasteiger partial charge in [0.25, 0.3) is 0 Å². The molecule has 0 aromatic heterocycles. The summed E-state index contributed by atoms with van der Waals surface area (Å²) in [5.74, 6) is -0.0162. The number of anilines is 1. The van der Waals surface area contributed by atoms with Gasteiger partial charge in [-0.1, -0.05) is 13.0 Å².